The number of aromatic amines is 1. The summed E-state index contributed by atoms with van der Waals surface area (Å²) < 4.78 is 189. The lowest BCUT2D eigenvalue weighted by molar-refractivity contribution is -0.126. The van der Waals surface area contributed by atoms with E-state index in [2.05, 4.69) is 144 Å². The van der Waals surface area contributed by atoms with Gasteiger partial charge in [0, 0.05) is 176 Å². The zero-order chi connectivity index (χ0) is 98.0. The Kier molecular flexibility index (Phi) is 26.9. The molecule has 17 aromatic rings. The smallest absolute Gasteiger partial charge is 0.281 e. The van der Waals surface area contributed by atoms with Crippen molar-refractivity contribution in [1.29, 1.82) is 0 Å². The number of imidazole rings is 6. The Morgan fingerprint density at radius 3 is 1.09 bits per heavy atom. The fourth-order valence-electron chi connectivity index (χ4n) is 17.6. The van der Waals surface area contributed by atoms with Crippen molar-refractivity contribution in [3.8, 4) is 57.6 Å². The number of nitrogens with zero attached hydrogens (tertiary/aromatic N) is 32. The Morgan fingerprint density at radius 2 is 0.738 bits per heavy atom. The number of pyridine rings is 1. The normalized spacial score (nSPS) is 18.2. The van der Waals surface area contributed by atoms with Gasteiger partial charge in [-0.15, -0.1) is 0 Å². The number of amides is 1. The van der Waals surface area contributed by atoms with E-state index in [0.717, 1.165) is 82.0 Å². The first-order valence-corrected chi connectivity index (χ1v) is 47.6. The van der Waals surface area contributed by atoms with Crippen LogP contribution in [0.4, 0.5) is 73.0 Å². The highest BCUT2D eigenvalue weighted by Gasteiger charge is 2.48. The van der Waals surface area contributed by atoms with Crippen LogP contribution in [0.3, 0.4) is 0 Å². The number of rotatable bonds is 21. The van der Waals surface area contributed by atoms with Gasteiger partial charge in [-0.2, -0.15) is 0 Å². The van der Waals surface area contributed by atoms with Crippen molar-refractivity contribution < 1.29 is 65.5 Å². The molecule has 0 aromatic carbocycles. The molecule has 0 aliphatic carbocycles. The molecule has 41 nitrogen and oxygen atoms in total. The van der Waals surface area contributed by atoms with Gasteiger partial charge in [0.25, 0.3) is 32.1 Å². The van der Waals surface area contributed by atoms with Crippen LogP contribution in [0.15, 0.2) is 191 Å². The van der Waals surface area contributed by atoms with E-state index in [0.29, 0.717) is 167 Å². The number of halogens is 10. The van der Waals surface area contributed by atoms with E-state index >= 15 is 0 Å². The van der Waals surface area contributed by atoms with E-state index in [1.165, 1.54) is 100 Å². The van der Waals surface area contributed by atoms with Gasteiger partial charge >= 0.3 is 0 Å². The SMILES string of the molecule is CNS(=O)(=O)C1CCN(c2ccnc(-c3cnc4cnc(C(F)F)cn34)n2)C1.CS(=O)(=O)NC1CCN(c2ccnc(-c3cnc4cnc(C(F)F)cn34)n2)C1.FC(F)c1cn2c(-c3nccc(N4CCC(c5ccncc5)C4)n3)cnc2cn1.FC(F)c1cn2c(-c3nccc(N4CCC(c5cnc[nH]5)C4)n3)cnc2cn1.O=C1NCCC12CCN(c1ccnc(-c3cnc4cnc(C(F)F)cn34)n1)C2. The second-order valence-corrected chi connectivity index (χ2v) is 37.6. The van der Waals surface area contributed by atoms with E-state index in [-0.39, 0.29) is 45.8 Å². The molecule has 4 N–H and O–H groups in total. The van der Waals surface area contributed by atoms with Crippen LogP contribution in [-0.4, -0.2) is 256 Å². The van der Waals surface area contributed by atoms with Crippen molar-refractivity contribution >= 4 is 83.3 Å². The van der Waals surface area contributed by atoms with Crippen LogP contribution in [0.25, 0.3) is 85.8 Å². The molecule has 141 heavy (non-hydrogen) atoms. The molecule has 1 amide bonds. The van der Waals surface area contributed by atoms with Crippen LogP contribution in [0.1, 0.15) is 122 Å². The van der Waals surface area contributed by atoms with Gasteiger partial charge in [-0.25, -0.2) is 175 Å². The highest BCUT2D eigenvalue weighted by molar-refractivity contribution is 7.90. The number of fused-ring (bicyclic) bond motifs is 5. The predicted molar refractivity (Wildman–Crippen MR) is 491 cm³/mol. The number of alkyl halides is 10. The molecule has 6 saturated heterocycles. The average Bonchev–Trinajstić information content (AvgIpc) is 1.61. The van der Waals surface area contributed by atoms with E-state index in [9.17, 15) is 65.5 Å². The van der Waals surface area contributed by atoms with Crippen molar-refractivity contribution in [2.75, 3.05) is 110 Å². The molecule has 0 radical (unpaired) electrons. The Hall–Kier alpha value is -15.6. The zero-order valence-corrected chi connectivity index (χ0v) is 76.2. The molecule has 53 heteroatoms. The number of anilines is 5. The van der Waals surface area contributed by atoms with Gasteiger partial charge in [0.2, 0.25) is 26.0 Å². The summed E-state index contributed by atoms with van der Waals surface area (Å²) in [6, 6.07) is 12.8. The highest BCUT2D eigenvalue weighted by Crippen LogP contribution is 2.41. The molecule has 1 spiro atoms. The molecule has 6 aliphatic rings. The lowest BCUT2D eigenvalue weighted by Crippen LogP contribution is -2.36. The lowest BCUT2D eigenvalue weighted by Gasteiger charge is -2.21. The summed E-state index contributed by atoms with van der Waals surface area (Å²) in [4.78, 5) is 118. The average molecular weight is 1980 g/mol. The summed E-state index contributed by atoms with van der Waals surface area (Å²) >= 11 is 0. The van der Waals surface area contributed by atoms with Crippen LogP contribution >= 0.6 is 0 Å². The van der Waals surface area contributed by atoms with Gasteiger partial charge < -0.3 is 34.8 Å². The topological polar surface area (TPSA) is 459 Å². The zero-order valence-electron chi connectivity index (χ0n) is 74.6. The van der Waals surface area contributed by atoms with Crippen molar-refractivity contribution in [1.82, 2.24) is 151 Å². The first-order valence-electron chi connectivity index (χ1n) is 44.2. The van der Waals surface area contributed by atoms with E-state index < -0.39 is 57.4 Å². The Labute approximate surface area is 793 Å². The Bertz CT molecular complexity index is 7620. The van der Waals surface area contributed by atoms with Crippen molar-refractivity contribution in [2.24, 2.45) is 5.41 Å². The van der Waals surface area contributed by atoms with Gasteiger partial charge in [0.1, 0.15) is 86.0 Å². The van der Waals surface area contributed by atoms with E-state index in [1.807, 2.05) is 52.7 Å². The van der Waals surface area contributed by atoms with Gasteiger partial charge in [-0.1, -0.05) is 0 Å². The number of hydrogen-bond donors (Lipinski definition) is 4. The highest BCUT2D eigenvalue weighted by atomic mass is 32.2. The summed E-state index contributed by atoms with van der Waals surface area (Å²) in [6.07, 6.45) is 28.3. The molecule has 23 heterocycles. The molecular formula is C88H84F10N36O5S2. The number of aromatic nitrogens is 28. The second-order valence-electron chi connectivity index (χ2n) is 33.7. The molecule has 0 bridgehead atoms. The lowest BCUT2D eigenvalue weighted by atomic mass is 9.86. The minimum absolute atomic E-state index is 0.109. The monoisotopic (exact) mass is 1980 g/mol. The fraction of sp³-hybridized carbons (Fsp3) is 0.330. The van der Waals surface area contributed by atoms with E-state index in [1.54, 1.807) is 82.9 Å². The molecule has 17 aromatic heterocycles. The molecule has 0 saturated carbocycles. The predicted octanol–water partition coefficient (Wildman–Crippen LogP) is 10.7. The third kappa shape index (κ3) is 20.5. The minimum Gasteiger partial charge on any atom is -0.356 e. The van der Waals surface area contributed by atoms with Crippen LogP contribution in [0, 0.1) is 5.41 Å². The maximum atomic E-state index is 13.0. The third-order valence-corrected chi connectivity index (χ3v) is 27.4. The molecule has 6 fully saturated rings. The maximum absolute atomic E-state index is 13.0. The number of hydrogen-bond acceptors (Lipinski definition) is 32. The molecule has 23 rings (SSSR count). The molecule has 6 aliphatic heterocycles. The quantitative estimate of drug-likeness (QED) is 0.0485. The largest absolute Gasteiger partial charge is 0.356 e. The third-order valence-electron chi connectivity index (χ3n) is 24.8. The van der Waals surface area contributed by atoms with Crippen molar-refractivity contribution in [3.63, 3.8) is 0 Å². The van der Waals surface area contributed by atoms with Crippen LogP contribution in [0.5, 0.6) is 0 Å². The molecule has 5 unspecified atom stereocenters. The van der Waals surface area contributed by atoms with Crippen LogP contribution < -0.4 is 39.3 Å². The second kappa shape index (κ2) is 40.1. The summed E-state index contributed by atoms with van der Waals surface area (Å²) in [5.41, 5.74) is 5.04. The Morgan fingerprint density at radius 1 is 0.383 bits per heavy atom. The first kappa shape index (κ1) is 94.4. The molecule has 5 atom stereocenters. The minimum atomic E-state index is -3.36. The standard InChI is InChI=1S/C20H17F2N7.C18H16F2N8.C18H17F2N7O.2C16H17F2N7O2S/c21-19(22)15-12-29-16(9-26-18(29)10-25-15)20-24-7-3-17(27-20)28-8-4-14(11-28)13-1-5-23-6-2-13;19-17(20)13-9-28-14(6-24-16(28)7-23-13)18-22-3-1-15(26-18)27-4-2-11(8-27)12-5-21-10-25-12;19-15(20)11-9-27-12(7-24-14(27)8-23-11)16-21-4-1-13(25-16)26-6-3-18(10-26)2-5-22-17(18)28;1-28(26,27)23-10-3-5-24(8-10)13-2-4-19-16(22-13)12-6-21-14-7-20-11(15(17)18)9-25(12)14;1-19-28(26,27)10-3-5-24(8-10)13-2-4-20-16(23-13)12-6-22-14-7-21-11(15(17)18)9-25(12)14/h1-3,5-7,9-10,12,14,19H,4,8,11H2;1,3,5-7,9-11,17H,2,4,8H2,(H,21,25);1,4,7-9,15H,2-3,5-6,10H2,(H,22,28);2,4,6-7,9-10,15,23H,3,5,8H2,1H3;2,4,6-7,9-10,15,19H,3,5,8H2,1H3. The number of H-pyrrole nitrogens is 1. The van der Waals surface area contributed by atoms with Gasteiger partial charge in [0.15, 0.2) is 57.4 Å². The molecular weight excluding hydrogens is 1900 g/mol. The number of carbonyl (C=O) groups is 1. The van der Waals surface area contributed by atoms with Gasteiger partial charge in [-0.3, -0.25) is 31.8 Å². The fourth-order valence-corrected chi connectivity index (χ4v) is 19.6. The number of sulfonamides is 2. The van der Waals surface area contributed by atoms with Crippen molar-refractivity contribution in [2.45, 2.75) is 93.8 Å². The van der Waals surface area contributed by atoms with Crippen LogP contribution in [-0.2, 0) is 24.8 Å². The van der Waals surface area contributed by atoms with E-state index in [4.69, 9.17) is 0 Å². The van der Waals surface area contributed by atoms with Gasteiger partial charge in [-0.05, 0) is 93.6 Å². The van der Waals surface area contributed by atoms with Crippen LogP contribution in [0.2, 0.25) is 0 Å². The Balaban J connectivity index is 0.000000112. The summed E-state index contributed by atoms with van der Waals surface area (Å²) in [6.45, 7) is 7.46. The summed E-state index contributed by atoms with van der Waals surface area (Å²) in [5, 5.41) is 2.39. The number of nitrogens with one attached hydrogen (secondary N) is 4. The van der Waals surface area contributed by atoms with Crippen molar-refractivity contribution in [3.05, 3.63) is 231 Å². The number of carbonyl (C=O) groups excluding carboxylic acids is 1. The summed E-state index contributed by atoms with van der Waals surface area (Å²) in [5.74, 6) is 6.30. The molecule has 728 valence electrons. The van der Waals surface area contributed by atoms with Gasteiger partial charge in [0.05, 0.1) is 85.2 Å². The first-order chi connectivity index (χ1) is 68.1. The summed E-state index contributed by atoms with van der Waals surface area (Å²) in [7, 11) is -5.24. The maximum Gasteiger partial charge on any atom is 0.281 e.